The van der Waals surface area contributed by atoms with E-state index in [4.69, 9.17) is 0 Å². The van der Waals surface area contributed by atoms with Crippen LogP contribution in [0.15, 0.2) is 48.7 Å². The number of alkyl halides is 1. The number of benzene rings is 1. The van der Waals surface area contributed by atoms with Crippen LogP contribution in [0.2, 0.25) is 0 Å². The molecule has 0 saturated carbocycles. The normalized spacial score (nSPS) is 14.9. The van der Waals surface area contributed by atoms with Gasteiger partial charge in [0.25, 0.3) is 11.8 Å². The molecule has 0 fully saturated rings. The Morgan fingerprint density at radius 3 is 2.22 bits per heavy atom. The number of rotatable bonds is 4. The molecule has 3 nitrogen and oxygen atoms in total. The Bertz CT molecular complexity index is 513. The summed E-state index contributed by atoms with van der Waals surface area (Å²) >= 11 is 3.28. The van der Waals surface area contributed by atoms with Gasteiger partial charge >= 0.3 is 0 Å². The molecule has 0 aromatic heterocycles. The predicted molar refractivity (Wildman–Crippen MR) is 73.6 cm³/mol. The summed E-state index contributed by atoms with van der Waals surface area (Å²) in [6.07, 6.45) is 3.97. The number of carbonyl (C=O) groups excluding carboxylic acids is 2. The van der Waals surface area contributed by atoms with Crippen molar-refractivity contribution in [1.82, 2.24) is 4.90 Å². The average Bonchev–Trinajstić information content (AvgIpc) is 2.63. The molecule has 4 heteroatoms. The zero-order chi connectivity index (χ0) is 13.1. The van der Waals surface area contributed by atoms with E-state index in [2.05, 4.69) is 22.5 Å². The molecular formula is C14H12BrNO2. The maximum atomic E-state index is 12.2. The third kappa shape index (κ3) is 2.04. The summed E-state index contributed by atoms with van der Waals surface area (Å²) in [5.74, 6) is -0.519. The van der Waals surface area contributed by atoms with Crippen molar-refractivity contribution < 1.29 is 9.59 Å². The van der Waals surface area contributed by atoms with Crippen LogP contribution in [0.25, 0.3) is 0 Å². The number of halogens is 1. The molecule has 0 spiro atoms. The average molecular weight is 306 g/mol. The van der Waals surface area contributed by atoms with Crippen molar-refractivity contribution in [3.63, 3.8) is 0 Å². The highest BCUT2D eigenvalue weighted by Gasteiger charge is 2.36. The SMILES string of the molecule is C=CCC(=CCBr)N1C(=O)c2ccccc2C1=O. The van der Waals surface area contributed by atoms with Crippen LogP contribution in [0.4, 0.5) is 0 Å². The molecule has 92 valence electrons. The number of fused-ring (bicyclic) bond motifs is 1. The molecule has 2 rings (SSSR count). The molecule has 1 aromatic carbocycles. The van der Waals surface area contributed by atoms with E-state index in [0.29, 0.717) is 28.6 Å². The third-order valence-electron chi connectivity index (χ3n) is 2.75. The number of nitrogens with zero attached hydrogens (tertiary/aromatic N) is 1. The Labute approximate surface area is 114 Å². The van der Waals surface area contributed by atoms with Gasteiger partial charge < -0.3 is 0 Å². The van der Waals surface area contributed by atoms with E-state index < -0.39 is 0 Å². The van der Waals surface area contributed by atoms with E-state index in [1.165, 1.54) is 4.90 Å². The summed E-state index contributed by atoms with van der Waals surface area (Å²) in [7, 11) is 0. The van der Waals surface area contributed by atoms with E-state index in [1.807, 2.05) is 6.08 Å². The first-order chi connectivity index (χ1) is 8.70. The van der Waals surface area contributed by atoms with Crippen molar-refractivity contribution in [3.05, 3.63) is 59.8 Å². The molecule has 1 aliphatic rings. The van der Waals surface area contributed by atoms with Gasteiger partial charge in [0.2, 0.25) is 0 Å². The standard InChI is InChI=1S/C14H12BrNO2/c1-2-5-10(8-9-15)16-13(17)11-6-3-4-7-12(11)14(16)18/h2-4,6-8H,1,5,9H2. The minimum absolute atomic E-state index is 0.260. The molecule has 0 radical (unpaired) electrons. The van der Waals surface area contributed by atoms with E-state index in [9.17, 15) is 9.59 Å². The van der Waals surface area contributed by atoms with Crippen LogP contribution in [0, 0.1) is 0 Å². The Balaban J connectivity index is 2.44. The molecule has 0 aliphatic carbocycles. The van der Waals surface area contributed by atoms with Crippen molar-refractivity contribution in [2.24, 2.45) is 0 Å². The molecule has 1 heterocycles. The van der Waals surface area contributed by atoms with Crippen molar-refractivity contribution >= 4 is 27.7 Å². The Morgan fingerprint density at radius 2 is 1.78 bits per heavy atom. The van der Waals surface area contributed by atoms with E-state index in [0.717, 1.165) is 0 Å². The summed E-state index contributed by atoms with van der Waals surface area (Å²) in [5.41, 5.74) is 1.59. The number of carbonyl (C=O) groups is 2. The van der Waals surface area contributed by atoms with Crippen LogP contribution in [-0.2, 0) is 0 Å². The number of allylic oxidation sites excluding steroid dienone is 2. The Kier molecular flexibility index (Phi) is 3.77. The quantitative estimate of drug-likeness (QED) is 0.487. The fraction of sp³-hybridized carbons (Fsp3) is 0.143. The van der Waals surface area contributed by atoms with Crippen LogP contribution in [0.1, 0.15) is 27.1 Å². The van der Waals surface area contributed by atoms with Gasteiger partial charge in [-0.2, -0.15) is 0 Å². The number of hydrogen-bond acceptors (Lipinski definition) is 2. The second kappa shape index (κ2) is 5.31. The van der Waals surface area contributed by atoms with Gasteiger partial charge in [0.05, 0.1) is 11.1 Å². The van der Waals surface area contributed by atoms with Gasteiger partial charge in [0, 0.05) is 17.4 Å². The highest BCUT2D eigenvalue weighted by Crippen LogP contribution is 2.27. The number of amides is 2. The van der Waals surface area contributed by atoms with E-state index in [-0.39, 0.29) is 11.8 Å². The minimum Gasteiger partial charge on any atom is -0.268 e. The Hall–Kier alpha value is -1.68. The molecule has 0 unspecified atom stereocenters. The van der Waals surface area contributed by atoms with Crippen LogP contribution < -0.4 is 0 Å². The van der Waals surface area contributed by atoms with Gasteiger partial charge in [0.15, 0.2) is 0 Å². The van der Waals surface area contributed by atoms with Gasteiger partial charge in [-0.3, -0.25) is 9.59 Å². The summed E-state index contributed by atoms with van der Waals surface area (Å²) in [4.78, 5) is 25.7. The van der Waals surface area contributed by atoms with Crippen LogP contribution in [-0.4, -0.2) is 22.0 Å². The highest BCUT2D eigenvalue weighted by molar-refractivity contribution is 9.09. The molecule has 0 N–H and O–H groups in total. The molecule has 0 bridgehead atoms. The van der Waals surface area contributed by atoms with Crippen molar-refractivity contribution in [1.29, 1.82) is 0 Å². The van der Waals surface area contributed by atoms with Gasteiger partial charge in [-0.05, 0) is 12.1 Å². The largest absolute Gasteiger partial charge is 0.268 e. The maximum Gasteiger partial charge on any atom is 0.265 e. The summed E-state index contributed by atoms with van der Waals surface area (Å²) in [6, 6.07) is 6.87. The molecule has 1 aliphatic heterocycles. The molecule has 2 amide bonds. The second-order valence-corrected chi connectivity index (χ2v) is 4.48. The van der Waals surface area contributed by atoms with Crippen molar-refractivity contribution in [3.8, 4) is 0 Å². The molecule has 0 atom stereocenters. The lowest BCUT2D eigenvalue weighted by molar-refractivity contribution is 0.0701. The maximum absolute atomic E-state index is 12.2. The van der Waals surface area contributed by atoms with Crippen LogP contribution in [0.5, 0.6) is 0 Å². The van der Waals surface area contributed by atoms with Crippen molar-refractivity contribution in [2.75, 3.05) is 5.33 Å². The zero-order valence-electron chi connectivity index (χ0n) is 9.73. The van der Waals surface area contributed by atoms with Crippen LogP contribution >= 0.6 is 15.9 Å². The van der Waals surface area contributed by atoms with E-state index in [1.54, 1.807) is 30.3 Å². The summed E-state index contributed by atoms with van der Waals surface area (Å²) < 4.78 is 0. The van der Waals surface area contributed by atoms with Crippen molar-refractivity contribution in [2.45, 2.75) is 6.42 Å². The summed E-state index contributed by atoms with van der Waals surface area (Å²) in [6.45, 7) is 3.65. The summed E-state index contributed by atoms with van der Waals surface area (Å²) in [5, 5.41) is 0.587. The highest BCUT2D eigenvalue weighted by atomic mass is 79.9. The molecule has 18 heavy (non-hydrogen) atoms. The lowest BCUT2D eigenvalue weighted by Gasteiger charge is -2.16. The van der Waals surface area contributed by atoms with Crippen LogP contribution in [0.3, 0.4) is 0 Å². The first kappa shape index (κ1) is 12.8. The third-order valence-corrected chi connectivity index (χ3v) is 3.07. The topological polar surface area (TPSA) is 37.4 Å². The second-order valence-electron chi connectivity index (χ2n) is 3.83. The van der Waals surface area contributed by atoms with E-state index >= 15 is 0 Å². The fourth-order valence-corrected chi connectivity index (χ4v) is 2.33. The van der Waals surface area contributed by atoms with Gasteiger partial charge in [0.1, 0.15) is 0 Å². The zero-order valence-corrected chi connectivity index (χ0v) is 11.3. The number of hydrogen-bond donors (Lipinski definition) is 0. The molecular weight excluding hydrogens is 294 g/mol. The molecule has 0 saturated heterocycles. The minimum atomic E-state index is -0.260. The molecule has 1 aromatic rings. The monoisotopic (exact) mass is 305 g/mol. The lowest BCUT2D eigenvalue weighted by Crippen LogP contribution is -2.29. The van der Waals surface area contributed by atoms with Gasteiger partial charge in [-0.15, -0.1) is 6.58 Å². The lowest BCUT2D eigenvalue weighted by atomic mass is 10.1. The smallest absolute Gasteiger partial charge is 0.265 e. The predicted octanol–water partition coefficient (Wildman–Crippen LogP) is 3.14. The fourth-order valence-electron chi connectivity index (χ4n) is 1.95. The Morgan fingerprint density at radius 1 is 1.22 bits per heavy atom. The first-order valence-electron chi connectivity index (χ1n) is 5.54. The first-order valence-corrected chi connectivity index (χ1v) is 6.66. The van der Waals surface area contributed by atoms with Gasteiger partial charge in [-0.25, -0.2) is 4.90 Å². The van der Waals surface area contributed by atoms with Gasteiger partial charge in [-0.1, -0.05) is 40.2 Å². The number of imide groups is 1.